The number of nitrogens with one attached hydrogen (secondary N) is 2. The Balaban J connectivity index is 2.25. The van der Waals surface area contributed by atoms with E-state index >= 15 is 0 Å². The molecule has 0 aliphatic rings. The van der Waals surface area contributed by atoms with Gasteiger partial charge in [0.05, 0.1) is 24.0 Å². The zero-order valence-corrected chi connectivity index (χ0v) is 15.5. The molecular formula is C14H14Cl3N5S. The van der Waals surface area contributed by atoms with Crippen molar-refractivity contribution in [3.05, 3.63) is 50.2 Å². The van der Waals surface area contributed by atoms with E-state index in [2.05, 4.69) is 20.9 Å². The number of hydrogen-bond acceptors (Lipinski definition) is 3. The quantitative estimate of drug-likeness (QED) is 0.475. The smallest absolute Gasteiger partial charge is 0.186 e. The zero-order chi connectivity index (χ0) is 17.0. The number of hydrogen-bond donors (Lipinski definition) is 2. The molecule has 0 unspecified atom stereocenters. The molecule has 0 saturated carbocycles. The predicted molar refractivity (Wildman–Crippen MR) is 99.9 cm³/mol. The van der Waals surface area contributed by atoms with Crippen molar-refractivity contribution in [2.75, 3.05) is 7.05 Å². The number of nitrogens with zero attached hydrogens (tertiary/aromatic N) is 3. The van der Waals surface area contributed by atoms with Crippen LogP contribution in [0.25, 0.3) is 0 Å². The number of hydrazone groups is 1. The maximum Gasteiger partial charge on any atom is 0.186 e. The lowest BCUT2D eigenvalue weighted by molar-refractivity contribution is 0.680. The van der Waals surface area contributed by atoms with Gasteiger partial charge in [0.1, 0.15) is 5.15 Å². The van der Waals surface area contributed by atoms with E-state index < -0.39 is 0 Å². The van der Waals surface area contributed by atoms with Gasteiger partial charge < -0.3 is 5.32 Å². The number of aryl methyl sites for hydroxylation is 1. The number of thiocarbonyl (C=S) groups is 1. The van der Waals surface area contributed by atoms with Crippen LogP contribution in [0.3, 0.4) is 0 Å². The van der Waals surface area contributed by atoms with Gasteiger partial charge in [-0.3, -0.25) is 5.43 Å². The second-order valence-electron chi connectivity index (χ2n) is 4.60. The molecule has 2 N–H and O–H groups in total. The van der Waals surface area contributed by atoms with E-state index in [1.54, 1.807) is 36.1 Å². The van der Waals surface area contributed by atoms with E-state index in [0.717, 1.165) is 11.3 Å². The minimum atomic E-state index is 0.369. The summed E-state index contributed by atoms with van der Waals surface area (Å²) >= 11 is 23.7. The van der Waals surface area contributed by atoms with Crippen molar-refractivity contribution < 1.29 is 0 Å². The number of halogens is 3. The summed E-state index contributed by atoms with van der Waals surface area (Å²) in [6, 6.07) is 5.34. The Hall–Kier alpha value is -1.34. The fourth-order valence-corrected chi connectivity index (χ4v) is 2.72. The van der Waals surface area contributed by atoms with Crippen LogP contribution in [-0.2, 0) is 6.54 Å². The van der Waals surface area contributed by atoms with E-state index in [0.29, 0.717) is 32.4 Å². The lowest BCUT2D eigenvalue weighted by Gasteiger charge is -2.08. The van der Waals surface area contributed by atoms with Crippen LogP contribution >= 0.6 is 47.0 Å². The highest BCUT2D eigenvalue weighted by Crippen LogP contribution is 2.27. The average molecular weight is 391 g/mol. The Labute approximate surface area is 154 Å². The van der Waals surface area contributed by atoms with Gasteiger partial charge in [-0.15, -0.1) is 0 Å². The SMILES string of the molecule is CNC(=S)N/N=C\c1c(C)nn(Cc2c(Cl)cccc2Cl)c1Cl. The second kappa shape index (κ2) is 7.97. The number of benzene rings is 1. The summed E-state index contributed by atoms with van der Waals surface area (Å²) < 4.78 is 1.63. The van der Waals surface area contributed by atoms with Gasteiger partial charge in [0, 0.05) is 22.7 Å². The van der Waals surface area contributed by atoms with Gasteiger partial charge >= 0.3 is 0 Å². The number of rotatable bonds is 4. The summed E-state index contributed by atoms with van der Waals surface area (Å²) in [7, 11) is 1.70. The summed E-state index contributed by atoms with van der Waals surface area (Å²) in [6.07, 6.45) is 1.57. The molecule has 0 aliphatic carbocycles. The molecule has 23 heavy (non-hydrogen) atoms. The summed E-state index contributed by atoms with van der Waals surface area (Å²) in [6.45, 7) is 2.21. The van der Waals surface area contributed by atoms with E-state index in [1.807, 2.05) is 6.92 Å². The van der Waals surface area contributed by atoms with Crippen molar-refractivity contribution in [3.63, 3.8) is 0 Å². The van der Waals surface area contributed by atoms with Crippen molar-refractivity contribution in [2.24, 2.45) is 5.10 Å². The molecule has 1 heterocycles. The van der Waals surface area contributed by atoms with Gasteiger partial charge in [0.2, 0.25) is 0 Å². The largest absolute Gasteiger partial charge is 0.364 e. The summed E-state index contributed by atoms with van der Waals surface area (Å²) in [4.78, 5) is 0. The maximum atomic E-state index is 6.38. The summed E-state index contributed by atoms with van der Waals surface area (Å²) in [5.41, 5.74) is 4.86. The first kappa shape index (κ1) is 18.0. The Morgan fingerprint density at radius 2 is 2.00 bits per heavy atom. The van der Waals surface area contributed by atoms with Crippen molar-refractivity contribution >= 4 is 58.3 Å². The topological polar surface area (TPSA) is 54.2 Å². The first-order valence-corrected chi connectivity index (χ1v) is 8.14. The van der Waals surface area contributed by atoms with Gasteiger partial charge in [0.15, 0.2) is 5.11 Å². The molecule has 122 valence electrons. The maximum absolute atomic E-state index is 6.38. The van der Waals surface area contributed by atoms with Gasteiger partial charge in [-0.25, -0.2) is 4.68 Å². The van der Waals surface area contributed by atoms with Crippen LogP contribution in [-0.4, -0.2) is 28.2 Å². The third kappa shape index (κ3) is 4.35. The van der Waals surface area contributed by atoms with Gasteiger partial charge in [-0.1, -0.05) is 40.9 Å². The molecule has 0 radical (unpaired) electrons. The normalized spacial score (nSPS) is 11.0. The lowest BCUT2D eigenvalue weighted by Crippen LogP contribution is -2.28. The Morgan fingerprint density at radius 3 is 2.61 bits per heavy atom. The van der Waals surface area contributed by atoms with Crippen LogP contribution in [0.5, 0.6) is 0 Å². The van der Waals surface area contributed by atoms with E-state index in [-0.39, 0.29) is 0 Å². The molecule has 0 fully saturated rings. The van der Waals surface area contributed by atoms with Crippen molar-refractivity contribution in [2.45, 2.75) is 13.5 Å². The lowest BCUT2D eigenvalue weighted by atomic mass is 10.2. The molecule has 0 aliphatic heterocycles. The molecule has 2 rings (SSSR count). The third-order valence-corrected chi connectivity index (χ3v) is 4.47. The highest BCUT2D eigenvalue weighted by Gasteiger charge is 2.14. The Kier molecular flexibility index (Phi) is 6.24. The monoisotopic (exact) mass is 389 g/mol. The highest BCUT2D eigenvalue weighted by atomic mass is 35.5. The second-order valence-corrected chi connectivity index (χ2v) is 6.18. The van der Waals surface area contributed by atoms with Crippen molar-refractivity contribution in [3.8, 4) is 0 Å². The molecule has 2 aromatic rings. The minimum absolute atomic E-state index is 0.369. The first-order valence-electron chi connectivity index (χ1n) is 6.60. The Bertz CT molecular complexity index is 737. The van der Waals surface area contributed by atoms with Crippen LogP contribution < -0.4 is 10.7 Å². The van der Waals surface area contributed by atoms with Gasteiger partial charge in [-0.05, 0) is 31.3 Å². The van der Waals surface area contributed by atoms with Crippen molar-refractivity contribution in [1.82, 2.24) is 20.5 Å². The number of aromatic nitrogens is 2. The predicted octanol–water partition coefficient (Wildman–Crippen LogP) is 3.63. The van der Waals surface area contributed by atoms with Crippen molar-refractivity contribution in [1.29, 1.82) is 0 Å². The standard InChI is InChI=1S/C14H14Cl3N5S/c1-8-9(6-19-20-14(23)18-2)13(17)22(21-8)7-10-11(15)4-3-5-12(10)16/h3-6H,7H2,1-2H3,(H2,18,20,23)/b19-6-. The van der Waals surface area contributed by atoms with Crippen LogP contribution in [0.1, 0.15) is 16.8 Å². The van der Waals surface area contributed by atoms with Crippen LogP contribution in [0, 0.1) is 6.92 Å². The molecular weight excluding hydrogens is 377 g/mol. The zero-order valence-electron chi connectivity index (χ0n) is 12.4. The molecule has 5 nitrogen and oxygen atoms in total. The first-order chi connectivity index (χ1) is 10.9. The van der Waals surface area contributed by atoms with Crippen LogP contribution in [0.15, 0.2) is 23.3 Å². The summed E-state index contributed by atoms with van der Waals surface area (Å²) in [5, 5.41) is 13.2. The minimum Gasteiger partial charge on any atom is -0.364 e. The van der Waals surface area contributed by atoms with E-state index in [4.69, 9.17) is 47.0 Å². The Morgan fingerprint density at radius 1 is 1.35 bits per heavy atom. The molecule has 0 saturated heterocycles. The third-order valence-electron chi connectivity index (χ3n) is 3.07. The van der Waals surface area contributed by atoms with Gasteiger partial charge in [-0.2, -0.15) is 10.2 Å². The highest BCUT2D eigenvalue weighted by molar-refractivity contribution is 7.80. The fourth-order valence-electron chi connectivity index (χ4n) is 1.86. The average Bonchev–Trinajstić information content (AvgIpc) is 2.78. The molecule has 9 heteroatoms. The van der Waals surface area contributed by atoms with Crippen LogP contribution in [0.4, 0.5) is 0 Å². The van der Waals surface area contributed by atoms with E-state index in [9.17, 15) is 0 Å². The molecule has 1 aromatic carbocycles. The van der Waals surface area contributed by atoms with Gasteiger partial charge in [0.25, 0.3) is 0 Å². The molecule has 0 bridgehead atoms. The fraction of sp³-hybridized carbons (Fsp3) is 0.214. The molecule has 0 spiro atoms. The molecule has 0 atom stereocenters. The molecule has 1 aromatic heterocycles. The van der Waals surface area contributed by atoms with E-state index in [1.165, 1.54) is 0 Å². The molecule has 0 amide bonds. The van der Waals surface area contributed by atoms with Crippen LogP contribution in [0.2, 0.25) is 15.2 Å². The summed E-state index contributed by atoms with van der Waals surface area (Å²) in [5.74, 6) is 0.